The molecule has 3 heterocycles. The Hall–Kier alpha value is -3.36. The van der Waals surface area contributed by atoms with Gasteiger partial charge in [0.1, 0.15) is 23.7 Å². The number of ether oxygens (including phenoxy) is 1. The number of nitrogens with zero attached hydrogens (tertiary/aromatic N) is 3. The molecule has 1 aromatic heterocycles. The van der Waals surface area contributed by atoms with Crippen molar-refractivity contribution in [1.82, 2.24) is 20.3 Å². The monoisotopic (exact) mass is 426 g/mol. The number of para-hydroxylation sites is 1. The molecule has 0 unspecified atom stereocenters. The Morgan fingerprint density at radius 1 is 1.29 bits per heavy atom. The van der Waals surface area contributed by atoms with Gasteiger partial charge in [0.15, 0.2) is 5.69 Å². The first-order valence-electron chi connectivity index (χ1n) is 10.2. The predicted octanol–water partition coefficient (Wildman–Crippen LogP) is 1.52. The van der Waals surface area contributed by atoms with Gasteiger partial charge in [-0.2, -0.15) is 0 Å². The van der Waals surface area contributed by atoms with Gasteiger partial charge in [-0.25, -0.2) is 0 Å². The maximum Gasteiger partial charge on any atom is 0.276 e. The molecular weight excluding hydrogens is 400 g/mol. The minimum absolute atomic E-state index is 0.0693. The first-order chi connectivity index (χ1) is 14.7. The van der Waals surface area contributed by atoms with Crippen molar-refractivity contribution in [3.05, 3.63) is 47.3 Å². The Morgan fingerprint density at radius 3 is 2.71 bits per heavy atom. The van der Waals surface area contributed by atoms with Gasteiger partial charge in [0.2, 0.25) is 5.91 Å². The van der Waals surface area contributed by atoms with E-state index in [4.69, 9.17) is 9.26 Å². The quantitative estimate of drug-likeness (QED) is 0.798. The standard InChI is InChI=1S/C22H26N4O5/c1-13(2)18-9-16(24-31-18)21(29)26-10-15(20(28)25(3)4)22(11-26)12-30-17-8-6-5-7-14(17)19(27)23-22/h5-9,13,15H,10-12H2,1-4H3,(H,23,27)/t15-,22-/m1/s1. The summed E-state index contributed by atoms with van der Waals surface area (Å²) in [5.74, 6) is -0.373. The summed E-state index contributed by atoms with van der Waals surface area (Å²) in [6, 6.07) is 8.56. The summed E-state index contributed by atoms with van der Waals surface area (Å²) in [7, 11) is 3.31. The Balaban J connectivity index is 1.66. The number of rotatable bonds is 3. The van der Waals surface area contributed by atoms with Crippen molar-refractivity contribution in [2.75, 3.05) is 33.8 Å². The largest absolute Gasteiger partial charge is 0.490 e. The molecule has 9 heteroatoms. The van der Waals surface area contributed by atoms with Crippen LogP contribution in [0.2, 0.25) is 0 Å². The molecule has 31 heavy (non-hydrogen) atoms. The van der Waals surface area contributed by atoms with Crippen molar-refractivity contribution in [3.63, 3.8) is 0 Å². The van der Waals surface area contributed by atoms with Crippen LogP contribution in [0.25, 0.3) is 0 Å². The Labute approximate surface area is 180 Å². The van der Waals surface area contributed by atoms with Gasteiger partial charge in [0.25, 0.3) is 11.8 Å². The third-order valence-corrected chi connectivity index (χ3v) is 5.87. The molecule has 1 saturated heterocycles. The SMILES string of the molecule is CC(C)c1cc(C(=O)N2C[C@H](C(=O)N(C)C)[C@]3(COc4ccccc4C(=O)N3)C2)no1. The van der Waals surface area contributed by atoms with Gasteiger partial charge in [-0.15, -0.1) is 0 Å². The molecule has 0 bridgehead atoms. The van der Waals surface area contributed by atoms with E-state index in [1.807, 2.05) is 13.8 Å². The van der Waals surface area contributed by atoms with Gasteiger partial charge in [-0.3, -0.25) is 14.4 Å². The molecule has 1 aromatic carbocycles. The van der Waals surface area contributed by atoms with Crippen LogP contribution < -0.4 is 10.1 Å². The highest BCUT2D eigenvalue weighted by molar-refractivity contribution is 5.99. The highest BCUT2D eigenvalue weighted by atomic mass is 16.5. The topological polar surface area (TPSA) is 105 Å². The van der Waals surface area contributed by atoms with Crippen molar-refractivity contribution < 1.29 is 23.6 Å². The summed E-state index contributed by atoms with van der Waals surface area (Å²) in [6.45, 7) is 4.22. The first kappa shape index (κ1) is 20.9. The zero-order valence-electron chi connectivity index (χ0n) is 18.0. The maximum atomic E-state index is 13.2. The van der Waals surface area contributed by atoms with E-state index in [9.17, 15) is 14.4 Å². The summed E-state index contributed by atoms with van der Waals surface area (Å²) in [4.78, 5) is 42.2. The van der Waals surface area contributed by atoms with E-state index < -0.39 is 11.5 Å². The Bertz CT molecular complexity index is 1030. The fraction of sp³-hybridized carbons (Fsp3) is 0.455. The summed E-state index contributed by atoms with van der Waals surface area (Å²) in [6.07, 6.45) is 0. The fourth-order valence-corrected chi connectivity index (χ4v) is 4.10. The minimum Gasteiger partial charge on any atom is -0.490 e. The van der Waals surface area contributed by atoms with Crippen LogP contribution in [0.3, 0.4) is 0 Å². The van der Waals surface area contributed by atoms with Crippen molar-refractivity contribution in [2.24, 2.45) is 5.92 Å². The second-order valence-electron chi connectivity index (χ2n) is 8.64. The summed E-state index contributed by atoms with van der Waals surface area (Å²) in [5.41, 5.74) is -0.475. The molecule has 1 fully saturated rings. The van der Waals surface area contributed by atoms with Gasteiger partial charge in [0, 0.05) is 39.2 Å². The second kappa shape index (κ2) is 7.72. The first-order valence-corrected chi connectivity index (χ1v) is 10.2. The highest BCUT2D eigenvalue weighted by Gasteiger charge is 2.55. The van der Waals surface area contributed by atoms with Crippen LogP contribution in [-0.2, 0) is 4.79 Å². The molecule has 0 aliphatic carbocycles. The molecule has 2 aromatic rings. The van der Waals surface area contributed by atoms with E-state index in [1.54, 1.807) is 44.4 Å². The normalized spacial score (nSPS) is 22.7. The smallest absolute Gasteiger partial charge is 0.276 e. The lowest BCUT2D eigenvalue weighted by molar-refractivity contribution is -0.134. The lowest BCUT2D eigenvalue weighted by Crippen LogP contribution is -2.60. The van der Waals surface area contributed by atoms with Crippen LogP contribution in [0.4, 0.5) is 0 Å². The van der Waals surface area contributed by atoms with Crippen LogP contribution in [-0.4, -0.2) is 72.0 Å². The van der Waals surface area contributed by atoms with E-state index in [2.05, 4.69) is 10.5 Å². The molecule has 0 radical (unpaired) electrons. The number of aromatic nitrogens is 1. The molecular formula is C22H26N4O5. The van der Waals surface area contributed by atoms with Crippen LogP contribution in [0, 0.1) is 5.92 Å². The van der Waals surface area contributed by atoms with Gasteiger partial charge in [-0.1, -0.05) is 31.1 Å². The number of amides is 3. The van der Waals surface area contributed by atoms with E-state index >= 15 is 0 Å². The van der Waals surface area contributed by atoms with Crippen LogP contribution >= 0.6 is 0 Å². The van der Waals surface area contributed by atoms with E-state index in [0.29, 0.717) is 17.1 Å². The van der Waals surface area contributed by atoms with Gasteiger partial charge in [0.05, 0.1) is 11.5 Å². The molecule has 2 aliphatic rings. The lowest BCUT2D eigenvalue weighted by atomic mass is 9.86. The van der Waals surface area contributed by atoms with Crippen LogP contribution in [0.1, 0.15) is 46.4 Å². The van der Waals surface area contributed by atoms with E-state index in [-0.39, 0.29) is 49.0 Å². The van der Waals surface area contributed by atoms with Crippen molar-refractivity contribution in [2.45, 2.75) is 25.3 Å². The number of fused-ring (bicyclic) bond motifs is 1. The minimum atomic E-state index is -1.06. The molecule has 2 atom stereocenters. The average Bonchev–Trinajstić information content (AvgIpc) is 3.34. The van der Waals surface area contributed by atoms with Gasteiger partial charge < -0.3 is 24.4 Å². The highest BCUT2D eigenvalue weighted by Crippen LogP contribution is 2.35. The fourth-order valence-electron chi connectivity index (χ4n) is 4.10. The maximum absolute atomic E-state index is 13.2. The van der Waals surface area contributed by atoms with E-state index in [0.717, 1.165) is 0 Å². The number of nitrogens with one attached hydrogen (secondary N) is 1. The summed E-state index contributed by atoms with van der Waals surface area (Å²) < 4.78 is 11.2. The van der Waals surface area contributed by atoms with Gasteiger partial charge >= 0.3 is 0 Å². The number of hydrogen-bond acceptors (Lipinski definition) is 6. The second-order valence-corrected chi connectivity index (χ2v) is 8.64. The predicted molar refractivity (Wildman–Crippen MR) is 111 cm³/mol. The zero-order chi connectivity index (χ0) is 22.3. The van der Waals surface area contributed by atoms with Crippen LogP contribution in [0.5, 0.6) is 5.75 Å². The molecule has 1 spiro atoms. The average molecular weight is 426 g/mol. The molecule has 1 N–H and O–H groups in total. The number of benzene rings is 1. The third kappa shape index (κ3) is 3.64. The van der Waals surface area contributed by atoms with Gasteiger partial charge in [-0.05, 0) is 12.1 Å². The van der Waals surface area contributed by atoms with E-state index in [1.165, 1.54) is 9.80 Å². The van der Waals surface area contributed by atoms with Crippen molar-refractivity contribution in [1.29, 1.82) is 0 Å². The molecule has 4 rings (SSSR count). The molecule has 164 valence electrons. The molecule has 2 aliphatic heterocycles. The summed E-state index contributed by atoms with van der Waals surface area (Å²) in [5, 5.41) is 6.91. The Kier molecular flexibility index (Phi) is 5.20. The molecule has 3 amide bonds. The van der Waals surface area contributed by atoms with Crippen molar-refractivity contribution >= 4 is 17.7 Å². The van der Waals surface area contributed by atoms with Crippen molar-refractivity contribution in [3.8, 4) is 5.75 Å². The Morgan fingerprint density at radius 2 is 2.03 bits per heavy atom. The number of likely N-dealkylation sites (tertiary alicyclic amines) is 1. The number of carbonyl (C=O) groups excluding carboxylic acids is 3. The number of carbonyl (C=O) groups is 3. The lowest BCUT2D eigenvalue weighted by Gasteiger charge is -2.33. The molecule has 9 nitrogen and oxygen atoms in total. The number of hydrogen-bond donors (Lipinski definition) is 1. The summed E-state index contributed by atoms with van der Waals surface area (Å²) >= 11 is 0. The third-order valence-electron chi connectivity index (χ3n) is 5.87. The van der Waals surface area contributed by atoms with Crippen LogP contribution in [0.15, 0.2) is 34.9 Å². The zero-order valence-corrected chi connectivity index (χ0v) is 18.0. The molecule has 0 saturated carbocycles.